The van der Waals surface area contributed by atoms with E-state index < -0.39 is 12.1 Å². The molecule has 0 radical (unpaired) electrons. The molecule has 3 heterocycles. The zero-order chi connectivity index (χ0) is 21.0. The molecule has 29 heavy (non-hydrogen) atoms. The van der Waals surface area contributed by atoms with E-state index in [2.05, 4.69) is 10.2 Å². The minimum atomic E-state index is -5.08. The largest absolute Gasteiger partial charge is 0.490 e. The highest BCUT2D eigenvalue weighted by Gasteiger charge is 2.43. The lowest BCUT2D eigenvalue weighted by Gasteiger charge is -2.43. The number of halogens is 3. The quantitative estimate of drug-likeness (QED) is 0.781. The molecule has 0 unspecified atom stereocenters. The number of amides is 1. The molecule has 7 nitrogen and oxygen atoms in total. The van der Waals surface area contributed by atoms with E-state index in [9.17, 15) is 18.0 Å². The maximum absolute atomic E-state index is 12.3. The van der Waals surface area contributed by atoms with Gasteiger partial charge in [0.05, 0.1) is 18.9 Å². The van der Waals surface area contributed by atoms with Gasteiger partial charge in [-0.15, -0.1) is 0 Å². The van der Waals surface area contributed by atoms with Crippen LogP contribution in [-0.4, -0.2) is 59.4 Å². The summed E-state index contributed by atoms with van der Waals surface area (Å²) in [6, 6.07) is 4.47. The van der Waals surface area contributed by atoms with Gasteiger partial charge in [-0.25, -0.2) is 4.79 Å². The number of carboxylic acid groups (broad SMARTS) is 1. The molecule has 1 aromatic heterocycles. The molecule has 1 aromatic rings. The second kappa shape index (κ2) is 9.17. The van der Waals surface area contributed by atoms with E-state index in [4.69, 9.17) is 19.1 Å². The molecule has 1 amide bonds. The van der Waals surface area contributed by atoms with Crippen molar-refractivity contribution in [3.05, 3.63) is 24.2 Å². The van der Waals surface area contributed by atoms with Gasteiger partial charge in [-0.2, -0.15) is 13.2 Å². The first kappa shape index (κ1) is 21.6. The maximum atomic E-state index is 12.3. The molecular formula is C19H25F3N2O5. The smallest absolute Gasteiger partial charge is 0.475 e. The number of piperidine rings is 1. The second-order valence-corrected chi connectivity index (χ2v) is 7.63. The van der Waals surface area contributed by atoms with Crippen molar-refractivity contribution in [2.24, 2.45) is 5.92 Å². The summed E-state index contributed by atoms with van der Waals surface area (Å²) in [5.74, 6) is -1.43. The Balaban J connectivity index is 0.000000298. The molecule has 0 bridgehead atoms. The summed E-state index contributed by atoms with van der Waals surface area (Å²) in [6.45, 7) is 2.63. The zero-order valence-corrected chi connectivity index (χ0v) is 15.9. The van der Waals surface area contributed by atoms with E-state index in [0.29, 0.717) is 12.5 Å². The maximum Gasteiger partial charge on any atom is 0.490 e. The molecule has 1 saturated carbocycles. The Kier molecular flexibility index (Phi) is 6.84. The Morgan fingerprint density at radius 1 is 1.28 bits per heavy atom. The molecule has 3 atom stereocenters. The Labute approximate surface area is 166 Å². The molecular weight excluding hydrogens is 393 g/mol. The van der Waals surface area contributed by atoms with E-state index in [1.165, 1.54) is 32.2 Å². The fourth-order valence-electron chi connectivity index (χ4n) is 3.91. The van der Waals surface area contributed by atoms with Crippen LogP contribution < -0.4 is 5.32 Å². The topological polar surface area (TPSA) is 92.0 Å². The molecule has 162 valence electrons. The van der Waals surface area contributed by atoms with E-state index >= 15 is 0 Å². The van der Waals surface area contributed by atoms with Crippen LogP contribution in [-0.2, 0) is 20.9 Å². The lowest BCUT2D eigenvalue weighted by atomic mass is 9.86. The van der Waals surface area contributed by atoms with Crippen LogP contribution in [0.25, 0.3) is 0 Å². The first-order valence-electron chi connectivity index (χ1n) is 9.73. The molecule has 4 rings (SSSR count). The summed E-state index contributed by atoms with van der Waals surface area (Å²) in [5.41, 5.74) is 0. The predicted molar refractivity (Wildman–Crippen MR) is 94.8 cm³/mol. The van der Waals surface area contributed by atoms with Gasteiger partial charge in [0.15, 0.2) is 0 Å². The summed E-state index contributed by atoms with van der Waals surface area (Å²) in [5, 5.41) is 10.0. The summed E-state index contributed by atoms with van der Waals surface area (Å²) < 4.78 is 43.0. The standard InChI is InChI=1S/C17H24N2O3.C2HF3O2/c20-17(18-10-14-5-2-8-21-14)15-9-12-6-7-19(11-16(12)22-15)13-3-1-4-13;3-2(4,5)1(6)7/h2,5,8,12-13,15-16H,1,3-4,6-7,9-11H2,(H,18,20);(H,6,7)/t12-,15+,16+;/m0./s1. The lowest BCUT2D eigenvalue weighted by Crippen LogP contribution is -2.49. The average molecular weight is 418 g/mol. The number of rotatable bonds is 4. The van der Waals surface area contributed by atoms with Crippen LogP contribution in [0.5, 0.6) is 0 Å². The number of fused-ring (bicyclic) bond motifs is 1. The predicted octanol–water partition coefficient (Wildman–Crippen LogP) is 2.56. The first-order chi connectivity index (χ1) is 13.7. The normalized spacial score (nSPS) is 27.3. The molecule has 1 aliphatic carbocycles. The molecule has 2 saturated heterocycles. The van der Waals surface area contributed by atoms with Crippen molar-refractivity contribution in [3.63, 3.8) is 0 Å². The van der Waals surface area contributed by atoms with Gasteiger partial charge in [-0.1, -0.05) is 6.42 Å². The van der Waals surface area contributed by atoms with E-state index in [0.717, 1.165) is 24.8 Å². The van der Waals surface area contributed by atoms with Crippen molar-refractivity contribution in [2.45, 2.75) is 63.1 Å². The van der Waals surface area contributed by atoms with Crippen LogP contribution in [0.15, 0.2) is 22.8 Å². The van der Waals surface area contributed by atoms with Crippen LogP contribution in [0.2, 0.25) is 0 Å². The third-order valence-electron chi connectivity index (χ3n) is 5.73. The van der Waals surface area contributed by atoms with Crippen molar-refractivity contribution >= 4 is 11.9 Å². The molecule has 10 heteroatoms. The molecule has 3 aliphatic rings. The highest BCUT2D eigenvalue weighted by Crippen LogP contribution is 2.36. The number of nitrogens with zero attached hydrogens (tertiary/aromatic N) is 1. The number of carbonyl (C=O) groups excluding carboxylic acids is 1. The number of ether oxygens (including phenoxy) is 1. The Morgan fingerprint density at radius 3 is 2.55 bits per heavy atom. The van der Waals surface area contributed by atoms with Gasteiger partial charge in [-0.05, 0) is 50.3 Å². The summed E-state index contributed by atoms with van der Waals surface area (Å²) in [4.78, 5) is 23.7. The van der Waals surface area contributed by atoms with Crippen molar-refractivity contribution in [1.29, 1.82) is 0 Å². The number of alkyl halides is 3. The van der Waals surface area contributed by atoms with Crippen LogP contribution in [0, 0.1) is 5.92 Å². The first-order valence-corrected chi connectivity index (χ1v) is 9.73. The number of hydrogen-bond donors (Lipinski definition) is 2. The zero-order valence-electron chi connectivity index (χ0n) is 15.9. The number of likely N-dealkylation sites (tertiary alicyclic amines) is 1. The minimum Gasteiger partial charge on any atom is -0.475 e. The van der Waals surface area contributed by atoms with Crippen molar-refractivity contribution in [3.8, 4) is 0 Å². The Morgan fingerprint density at radius 2 is 2.00 bits per heavy atom. The highest BCUT2D eigenvalue weighted by atomic mass is 19.4. The fraction of sp³-hybridized carbons (Fsp3) is 0.684. The van der Waals surface area contributed by atoms with Gasteiger partial charge in [0.25, 0.3) is 0 Å². The van der Waals surface area contributed by atoms with Gasteiger partial charge >= 0.3 is 12.1 Å². The molecule has 2 aliphatic heterocycles. The van der Waals surface area contributed by atoms with Crippen LogP contribution >= 0.6 is 0 Å². The minimum absolute atomic E-state index is 0.000921. The van der Waals surface area contributed by atoms with Gasteiger partial charge in [0.1, 0.15) is 11.9 Å². The number of carbonyl (C=O) groups is 2. The fourth-order valence-corrected chi connectivity index (χ4v) is 3.91. The number of nitrogens with one attached hydrogen (secondary N) is 1. The van der Waals surface area contributed by atoms with Crippen molar-refractivity contribution in [2.75, 3.05) is 13.1 Å². The van der Waals surface area contributed by atoms with Gasteiger partial charge in [-0.3, -0.25) is 9.69 Å². The van der Waals surface area contributed by atoms with E-state index in [1.807, 2.05) is 12.1 Å². The Hall–Kier alpha value is -2.07. The van der Waals surface area contributed by atoms with E-state index in [-0.39, 0.29) is 18.1 Å². The monoisotopic (exact) mass is 418 g/mol. The Bertz CT molecular complexity index is 691. The SMILES string of the molecule is O=C(NCc1ccco1)[C@H]1C[C@@H]2CCN(C3CCC3)C[C@H]2O1.O=C(O)C(F)(F)F. The van der Waals surface area contributed by atoms with Gasteiger partial charge in [0.2, 0.25) is 5.91 Å². The van der Waals surface area contributed by atoms with Gasteiger partial charge in [0, 0.05) is 12.6 Å². The van der Waals surface area contributed by atoms with Gasteiger partial charge < -0.3 is 19.6 Å². The van der Waals surface area contributed by atoms with Crippen LogP contribution in [0.3, 0.4) is 0 Å². The molecule has 0 aromatic carbocycles. The third kappa shape index (κ3) is 5.72. The molecule has 3 fully saturated rings. The van der Waals surface area contributed by atoms with Crippen molar-refractivity contribution in [1.82, 2.24) is 10.2 Å². The average Bonchev–Trinajstić information content (AvgIpc) is 3.27. The number of hydrogen-bond acceptors (Lipinski definition) is 5. The lowest BCUT2D eigenvalue weighted by molar-refractivity contribution is -0.192. The van der Waals surface area contributed by atoms with E-state index in [1.54, 1.807) is 6.26 Å². The number of carboxylic acids is 1. The number of aliphatic carboxylic acids is 1. The second-order valence-electron chi connectivity index (χ2n) is 7.63. The summed E-state index contributed by atoms with van der Waals surface area (Å²) in [7, 11) is 0. The third-order valence-corrected chi connectivity index (χ3v) is 5.73. The number of furan rings is 1. The highest BCUT2D eigenvalue weighted by molar-refractivity contribution is 5.81. The summed E-state index contributed by atoms with van der Waals surface area (Å²) >= 11 is 0. The van der Waals surface area contributed by atoms with Crippen LogP contribution in [0.4, 0.5) is 13.2 Å². The van der Waals surface area contributed by atoms with Crippen molar-refractivity contribution < 1.29 is 37.0 Å². The van der Waals surface area contributed by atoms with Crippen LogP contribution in [0.1, 0.15) is 37.9 Å². The molecule has 0 spiro atoms. The molecule has 2 N–H and O–H groups in total. The summed E-state index contributed by atoms with van der Waals surface area (Å²) in [6.07, 6.45) is 2.58.